The van der Waals surface area contributed by atoms with E-state index in [9.17, 15) is 5.11 Å². The molecule has 0 aliphatic rings. The SMILES string of the molecule is CC(C/C=C\O)c1ccc(O)c(O)c1. The summed E-state index contributed by atoms with van der Waals surface area (Å²) < 4.78 is 0. The fraction of sp³-hybridized carbons (Fsp3) is 0.273. The summed E-state index contributed by atoms with van der Waals surface area (Å²) in [5, 5.41) is 26.8. The Morgan fingerprint density at radius 3 is 2.57 bits per heavy atom. The van der Waals surface area contributed by atoms with E-state index in [0.29, 0.717) is 6.42 Å². The van der Waals surface area contributed by atoms with Gasteiger partial charge < -0.3 is 15.3 Å². The van der Waals surface area contributed by atoms with Gasteiger partial charge in [0.1, 0.15) is 0 Å². The van der Waals surface area contributed by atoms with Crippen LogP contribution < -0.4 is 0 Å². The lowest BCUT2D eigenvalue weighted by atomic mass is 9.97. The normalized spacial score (nSPS) is 13.2. The van der Waals surface area contributed by atoms with Crippen LogP contribution in [-0.2, 0) is 0 Å². The molecule has 0 spiro atoms. The first kappa shape index (κ1) is 10.4. The van der Waals surface area contributed by atoms with Crippen molar-refractivity contribution in [2.75, 3.05) is 0 Å². The average Bonchev–Trinajstić information content (AvgIpc) is 2.18. The Labute approximate surface area is 82.9 Å². The molecule has 1 atom stereocenters. The van der Waals surface area contributed by atoms with E-state index in [0.717, 1.165) is 11.8 Å². The zero-order valence-electron chi connectivity index (χ0n) is 8.01. The zero-order chi connectivity index (χ0) is 10.6. The summed E-state index contributed by atoms with van der Waals surface area (Å²) in [5.41, 5.74) is 0.929. The molecule has 14 heavy (non-hydrogen) atoms. The number of aliphatic hydroxyl groups is 1. The Kier molecular flexibility index (Phi) is 3.40. The molecule has 76 valence electrons. The van der Waals surface area contributed by atoms with Gasteiger partial charge in [0, 0.05) is 0 Å². The molecule has 3 nitrogen and oxygen atoms in total. The molecule has 0 saturated carbocycles. The number of hydrogen-bond donors (Lipinski definition) is 3. The predicted octanol–water partition coefficient (Wildman–Crippen LogP) is 2.66. The highest BCUT2D eigenvalue weighted by molar-refractivity contribution is 5.41. The fourth-order valence-electron chi connectivity index (χ4n) is 1.25. The minimum Gasteiger partial charge on any atom is -0.516 e. The highest BCUT2D eigenvalue weighted by atomic mass is 16.3. The summed E-state index contributed by atoms with van der Waals surface area (Å²) in [5.74, 6) is -0.0223. The zero-order valence-corrected chi connectivity index (χ0v) is 8.01. The Balaban J connectivity index is 2.80. The largest absolute Gasteiger partial charge is 0.516 e. The van der Waals surface area contributed by atoms with Crippen LogP contribution in [0.3, 0.4) is 0 Å². The van der Waals surface area contributed by atoms with Crippen LogP contribution in [0.5, 0.6) is 11.5 Å². The maximum Gasteiger partial charge on any atom is 0.157 e. The number of phenols is 2. The molecule has 0 bridgehead atoms. The highest BCUT2D eigenvalue weighted by Gasteiger charge is 2.06. The van der Waals surface area contributed by atoms with E-state index in [1.807, 2.05) is 6.92 Å². The fourth-order valence-corrected chi connectivity index (χ4v) is 1.25. The number of rotatable bonds is 3. The first-order valence-electron chi connectivity index (χ1n) is 4.46. The van der Waals surface area contributed by atoms with Crippen LogP contribution in [-0.4, -0.2) is 15.3 Å². The van der Waals surface area contributed by atoms with Crippen molar-refractivity contribution in [3.05, 3.63) is 36.1 Å². The van der Waals surface area contributed by atoms with Gasteiger partial charge in [-0.3, -0.25) is 0 Å². The van der Waals surface area contributed by atoms with Crippen molar-refractivity contribution < 1.29 is 15.3 Å². The molecule has 1 aromatic carbocycles. The molecule has 1 unspecified atom stereocenters. The molecular formula is C11H14O3. The molecule has 0 saturated heterocycles. The van der Waals surface area contributed by atoms with E-state index in [2.05, 4.69) is 0 Å². The first-order valence-corrected chi connectivity index (χ1v) is 4.46. The molecule has 0 aliphatic carbocycles. The number of aliphatic hydroxyl groups excluding tert-OH is 1. The van der Waals surface area contributed by atoms with Crippen molar-refractivity contribution in [3.63, 3.8) is 0 Å². The maximum atomic E-state index is 9.26. The lowest BCUT2D eigenvalue weighted by Crippen LogP contribution is -1.91. The summed E-state index contributed by atoms with van der Waals surface area (Å²) in [4.78, 5) is 0. The van der Waals surface area contributed by atoms with Gasteiger partial charge in [-0.1, -0.05) is 13.0 Å². The molecule has 0 amide bonds. The van der Waals surface area contributed by atoms with E-state index < -0.39 is 0 Å². The number of allylic oxidation sites excluding steroid dienone is 1. The second-order valence-electron chi connectivity index (χ2n) is 3.27. The van der Waals surface area contributed by atoms with Crippen molar-refractivity contribution in [2.45, 2.75) is 19.3 Å². The molecule has 0 fully saturated rings. The molecule has 0 radical (unpaired) electrons. The number of hydrogen-bond acceptors (Lipinski definition) is 3. The number of phenolic OH excluding ortho intramolecular Hbond substituents is 2. The topological polar surface area (TPSA) is 60.7 Å². The molecule has 0 aliphatic heterocycles. The summed E-state index contributed by atoms with van der Waals surface area (Å²) >= 11 is 0. The molecule has 3 N–H and O–H groups in total. The van der Waals surface area contributed by atoms with Crippen LogP contribution in [0.4, 0.5) is 0 Å². The average molecular weight is 194 g/mol. The van der Waals surface area contributed by atoms with E-state index >= 15 is 0 Å². The molecule has 0 aromatic heterocycles. The Bertz CT molecular complexity index is 331. The Hall–Kier alpha value is -1.64. The lowest BCUT2D eigenvalue weighted by Gasteiger charge is -2.09. The second kappa shape index (κ2) is 4.56. The van der Waals surface area contributed by atoms with E-state index in [1.165, 1.54) is 12.1 Å². The third kappa shape index (κ3) is 2.42. The minimum absolute atomic E-state index is 0.109. The maximum absolute atomic E-state index is 9.26. The van der Waals surface area contributed by atoms with Crippen LogP contribution in [0.2, 0.25) is 0 Å². The van der Waals surface area contributed by atoms with Crippen molar-refractivity contribution in [2.24, 2.45) is 0 Å². The summed E-state index contributed by atoms with van der Waals surface area (Å²) in [6, 6.07) is 4.75. The molecular weight excluding hydrogens is 180 g/mol. The summed E-state index contributed by atoms with van der Waals surface area (Å²) in [6.07, 6.45) is 3.35. The van der Waals surface area contributed by atoms with Crippen LogP contribution in [0.1, 0.15) is 24.8 Å². The lowest BCUT2D eigenvalue weighted by molar-refractivity contribution is 0.402. The van der Waals surface area contributed by atoms with Crippen LogP contribution in [0, 0.1) is 0 Å². The van der Waals surface area contributed by atoms with E-state index in [1.54, 1.807) is 12.1 Å². The first-order chi connectivity index (χ1) is 6.65. The minimum atomic E-state index is -0.112. The molecule has 3 heteroatoms. The predicted molar refractivity (Wildman–Crippen MR) is 54.6 cm³/mol. The van der Waals surface area contributed by atoms with Gasteiger partial charge in [-0.15, -0.1) is 0 Å². The third-order valence-corrected chi connectivity index (χ3v) is 2.16. The van der Waals surface area contributed by atoms with Gasteiger partial charge >= 0.3 is 0 Å². The molecule has 1 rings (SSSR count). The standard InChI is InChI=1S/C11H14O3/c1-8(3-2-6-12)9-4-5-10(13)11(14)7-9/h2,4-8,12-14H,3H2,1H3/b6-2-. The highest BCUT2D eigenvalue weighted by Crippen LogP contribution is 2.29. The third-order valence-electron chi connectivity index (χ3n) is 2.16. The second-order valence-corrected chi connectivity index (χ2v) is 3.27. The van der Waals surface area contributed by atoms with Gasteiger partial charge in [0.25, 0.3) is 0 Å². The molecule has 0 heterocycles. The number of aromatic hydroxyl groups is 2. The van der Waals surface area contributed by atoms with E-state index in [-0.39, 0.29) is 17.4 Å². The van der Waals surface area contributed by atoms with Crippen LogP contribution >= 0.6 is 0 Å². The van der Waals surface area contributed by atoms with Crippen LogP contribution in [0.15, 0.2) is 30.5 Å². The van der Waals surface area contributed by atoms with Crippen LogP contribution in [0.25, 0.3) is 0 Å². The Morgan fingerprint density at radius 2 is 2.00 bits per heavy atom. The monoisotopic (exact) mass is 194 g/mol. The van der Waals surface area contributed by atoms with Crippen molar-refractivity contribution >= 4 is 0 Å². The quantitative estimate of drug-likeness (QED) is 0.512. The van der Waals surface area contributed by atoms with Gasteiger partial charge in [-0.2, -0.15) is 0 Å². The van der Waals surface area contributed by atoms with Gasteiger partial charge in [0.15, 0.2) is 11.5 Å². The van der Waals surface area contributed by atoms with Crippen molar-refractivity contribution in [3.8, 4) is 11.5 Å². The van der Waals surface area contributed by atoms with Crippen molar-refractivity contribution in [1.82, 2.24) is 0 Å². The van der Waals surface area contributed by atoms with Gasteiger partial charge in [-0.05, 0) is 36.1 Å². The van der Waals surface area contributed by atoms with E-state index in [4.69, 9.17) is 10.2 Å². The van der Waals surface area contributed by atoms with Gasteiger partial charge in [-0.25, -0.2) is 0 Å². The van der Waals surface area contributed by atoms with Crippen molar-refractivity contribution in [1.29, 1.82) is 0 Å². The summed E-state index contributed by atoms with van der Waals surface area (Å²) in [7, 11) is 0. The molecule has 1 aromatic rings. The van der Waals surface area contributed by atoms with Gasteiger partial charge in [0.05, 0.1) is 6.26 Å². The summed E-state index contributed by atoms with van der Waals surface area (Å²) in [6.45, 7) is 1.98. The van der Waals surface area contributed by atoms with Gasteiger partial charge in [0.2, 0.25) is 0 Å². The number of benzene rings is 1. The smallest absolute Gasteiger partial charge is 0.157 e. The Morgan fingerprint density at radius 1 is 1.29 bits per heavy atom.